The third-order valence-corrected chi connectivity index (χ3v) is 3.96. The monoisotopic (exact) mass is 261 g/mol. The van der Waals surface area contributed by atoms with Gasteiger partial charge < -0.3 is 10.1 Å². The maximum Gasteiger partial charge on any atom is 0.0665 e. The summed E-state index contributed by atoms with van der Waals surface area (Å²) in [6, 6.07) is 9.22. The van der Waals surface area contributed by atoms with Crippen LogP contribution in [0, 0.1) is 0 Å². The van der Waals surface area contributed by atoms with Crippen LogP contribution >= 0.6 is 0 Å². The Morgan fingerprint density at radius 2 is 2.00 bits per heavy atom. The highest BCUT2D eigenvalue weighted by atomic mass is 16.5. The molecule has 0 aliphatic heterocycles. The summed E-state index contributed by atoms with van der Waals surface area (Å²) in [5.41, 5.74) is 2.97. The molecule has 0 heterocycles. The van der Waals surface area contributed by atoms with Gasteiger partial charge in [-0.15, -0.1) is 0 Å². The zero-order valence-electron chi connectivity index (χ0n) is 12.5. The van der Waals surface area contributed by atoms with E-state index in [0.717, 1.165) is 19.1 Å². The summed E-state index contributed by atoms with van der Waals surface area (Å²) in [6.45, 7) is 8.09. The fourth-order valence-corrected chi connectivity index (χ4v) is 2.71. The third kappa shape index (κ3) is 3.80. The Labute approximate surface area is 117 Å². The average Bonchev–Trinajstić information content (AvgIpc) is 2.33. The van der Waals surface area contributed by atoms with Crippen LogP contribution in [0.4, 0.5) is 0 Å². The van der Waals surface area contributed by atoms with Crippen LogP contribution in [0.1, 0.15) is 63.1 Å². The van der Waals surface area contributed by atoms with Crippen molar-refractivity contribution >= 4 is 0 Å². The number of likely N-dealkylation sites (N-methyl/N-ethyl adjacent to an activating group) is 1. The van der Waals surface area contributed by atoms with Crippen LogP contribution in [0.15, 0.2) is 24.3 Å². The predicted octanol–water partition coefficient (Wildman–Crippen LogP) is 4.03. The quantitative estimate of drug-likeness (QED) is 0.800. The fraction of sp³-hybridized carbons (Fsp3) is 0.647. The van der Waals surface area contributed by atoms with Crippen LogP contribution in [0.3, 0.4) is 0 Å². The molecule has 1 atom stereocenters. The van der Waals surface area contributed by atoms with E-state index in [0.29, 0.717) is 6.04 Å². The molecule has 2 heteroatoms. The van der Waals surface area contributed by atoms with Crippen molar-refractivity contribution in [3.8, 4) is 0 Å². The standard InChI is InChI=1S/C17H27NO/c1-4-18-17(12-19-13(2)3)16-11-6-5-10-15(16)14-8-7-9-14/h5-6,10-11,13-14,17-18H,4,7-9,12H2,1-3H3. The molecule has 0 amide bonds. The van der Waals surface area contributed by atoms with E-state index in [1.54, 1.807) is 0 Å². The first-order chi connectivity index (χ1) is 9.22. The first kappa shape index (κ1) is 14.5. The molecule has 0 aromatic heterocycles. The molecule has 1 aliphatic rings. The minimum atomic E-state index is 0.289. The zero-order chi connectivity index (χ0) is 13.7. The van der Waals surface area contributed by atoms with Crippen LogP contribution in [-0.2, 0) is 4.74 Å². The summed E-state index contributed by atoms with van der Waals surface area (Å²) in [4.78, 5) is 0. The molecule has 0 bridgehead atoms. The van der Waals surface area contributed by atoms with E-state index in [9.17, 15) is 0 Å². The van der Waals surface area contributed by atoms with Gasteiger partial charge in [-0.05, 0) is 50.3 Å². The predicted molar refractivity (Wildman–Crippen MR) is 80.5 cm³/mol. The number of ether oxygens (including phenoxy) is 1. The summed E-state index contributed by atoms with van der Waals surface area (Å²) in [6.07, 6.45) is 4.37. The number of hydrogen-bond acceptors (Lipinski definition) is 2. The Bertz CT molecular complexity index is 385. The van der Waals surface area contributed by atoms with Gasteiger partial charge in [0.1, 0.15) is 0 Å². The number of rotatable bonds is 7. The number of hydrogen-bond donors (Lipinski definition) is 1. The molecule has 0 radical (unpaired) electrons. The largest absolute Gasteiger partial charge is 0.377 e. The Morgan fingerprint density at radius 1 is 1.26 bits per heavy atom. The van der Waals surface area contributed by atoms with Gasteiger partial charge >= 0.3 is 0 Å². The van der Waals surface area contributed by atoms with Crippen LogP contribution in [0.5, 0.6) is 0 Å². The molecule has 1 aliphatic carbocycles. The van der Waals surface area contributed by atoms with Crippen LogP contribution in [0.2, 0.25) is 0 Å². The molecule has 1 aromatic carbocycles. The van der Waals surface area contributed by atoms with Gasteiger partial charge in [-0.25, -0.2) is 0 Å². The molecule has 1 aromatic rings. The van der Waals surface area contributed by atoms with Crippen molar-refractivity contribution in [2.24, 2.45) is 0 Å². The van der Waals surface area contributed by atoms with Gasteiger partial charge in [0.05, 0.1) is 18.8 Å². The zero-order valence-corrected chi connectivity index (χ0v) is 12.5. The number of nitrogens with one attached hydrogen (secondary N) is 1. The van der Waals surface area contributed by atoms with Gasteiger partial charge in [0.25, 0.3) is 0 Å². The molecule has 1 saturated carbocycles. The van der Waals surface area contributed by atoms with E-state index in [2.05, 4.69) is 50.4 Å². The fourth-order valence-electron chi connectivity index (χ4n) is 2.71. The Kier molecular flexibility index (Phi) is 5.41. The van der Waals surface area contributed by atoms with Gasteiger partial charge in [-0.1, -0.05) is 37.6 Å². The van der Waals surface area contributed by atoms with Crippen LogP contribution < -0.4 is 5.32 Å². The minimum absolute atomic E-state index is 0.289. The van der Waals surface area contributed by atoms with Crippen LogP contribution in [0.25, 0.3) is 0 Å². The van der Waals surface area contributed by atoms with Crippen molar-refractivity contribution < 1.29 is 4.74 Å². The maximum absolute atomic E-state index is 5.83. The van der Waals surface area contributed by atoms with Crippen molar-refractivity contribution in [2.45, 2.75) is 58.1 Å². The van der Waals surface area contributed by atoms with E-state index in [1.807, 2.05) is 0 Å². The van der Waals surface area contributed by atoms with Gasteiger partial charge in [-0.3, -0.25) is 0 Å². The second-order valence-electron chi connectivity index (χ2n) is 5.75. The highest BCUT2D eigenvalue weighted by Gasteiger charge is 2.24. The lowest BCUT2D eigenvalue weighted by Crippen LogP contribution is -2.28. The summed E-state index contributed by atoms with van der Waals surface area (Å²) < 4.78 is 5.83. The van der Waals surface area contributed by atoms with E-state index in [4.69, 9.17) is 4.74 Å². The Balaban J connectivity index is 2.14. The molecule has 106 valence electrons. The second-order valence-corrected chi connectivity index (χ2v) is 5.75. The first-order valence-electron chi connectivity index (χ1n) is 7.66. The van der Waals surface area contributed by atoms with Gasteiger partial charge in [0.15, 0.2) is 0 Å². The minimum Gasteiger partial charge on any atom is -0.377 e. The highest BCUT2D eigenvalue weighted by Crippen LogP contribution is 2.39. The van der Waals surface area contributed by atoms with E-state index in [-0.39, 0.29) is 6.10 Å². The van der Waals surface area contributed by atoms with Crippen molar-refractivity contribution in [3.05, 3.63) is 35.4 Å². The molecular weight excluding hydrogens is 234 g/mol. The summed E-state index contributed by atoms with van der Waals surface area (Å²) in [5.74, 6) is 0.774. The molecular formula is C17H27NO. The maximum atomic E-state index is 5.83. The Morgan fingerprint density at radius 3 is 2.58 bits per heavy atom. The number of benzene rings is 1. The first-order valence-corrected chi connectivity index (χ1v) is 7.66. The van der Waals surface area contributed by atoms with Gasteiger partial charge in [0.2, 0.25) is 0 Å². The molecule has 19 heavy (non-hydrogen) atoms. The van der Waals surface area contributed by atoms with Crippen LogP contribution in [-0.4, -0.2) is 19.3 Å². The van der Waals surface area contributed by atoms with E-state index >= 15 is 0 Å². The van der Waals surface area contributed by atoms with Gasteiger partial charge in [-0.2, -0.15) is 0 Å². The van der Waals surface area contributed by atoms with Crippen molar-refractivity contribution in [3.63, 3.8) is 0 Å². The third-order valence-electron chi connectivity index (χ3n) is 3.96. The summed E-state index contributed by atoms with van der Waals surface area (Å²) in [5, 5.41) is 3.57. The Hall–Kier alpha value is -0.860. The lowest BCUT2D eigenvalue weighted by atomic mass is 9.77. The lowest BCUT2D eigenvalue weighted by Gasteiger charge is -2.31. The smallest absolute Gasteiger partial charge is 0.0665 e. The van der Waals surface area contributed by atoms with Crippen molar-refractivity contribution in [1.29, 1.82) is 0 Å². The molecule has 2 rings (SSSR count). The van der Waals surface area contributed by atoms with E-state index in [1.165, 1.54) is 30.4 Å². The van der Waals surface area contributed by atoms with Crippen molar-refractivity contribution in [2.75, 3.05) is 13.2 Å². The summed E-state index contributed by atoms with van der Waals surface area (Å²) in [7, 11) is 0. The van der Waals surface area contributed by atoms with Gasteiger partial charge in [0, 0.05) is 0 Å². The normalized spacial score (nSPS) is 17.5. The molecule has 1 N–H and O–H groups in total. The molecule has 2 nitrogen and oxygen atoms in total. The average molecular weight is 261 g/mol. The second kappa shape index (κ2) is 7.06. The lowest BCUT2D eigenvalue weighted by molar-refractivity contribution is 0.0611. The van der Waals surface area contributed by atoms with Crippen molar-refractivity contribution in [1.82, 2.24) is 5.32 Å². The molecule has 0 spiro atoms. The van der Waals surface area contributed by atoms with E-state index < -0.39 is 0 Å². The topological polar surface area (TPSA) is 21.3 Å². The SMILES string of the molecule is CCNC(COC(C)C)c1ccccc1C1CCC1. The highest BCUT2D eigenvalue weighted by molar-refractivity contribution is 5.34. The summed E-state index contributed by atoms with van der Waals surface area (Å²) >= 11 is 0. The molecule has 1 unspecified atom stereocenters. The molecule has 1 fully saturated rings. The molecule has 0 saturated heterocycles.